The Morgan fingerprint density at radius 1 is 1.08 bits per heavy atom. The van der Waals surface area contributed by atoms with E-state index in [1.54, 1.807) is 0 Å². The molecule has 0 saturated carbocycles. The van der Waals surface area contributed by atoms with E-state index < -0.39 is 6.04 Å². The second kappa shape index (κ2) is 8.88. The van der Waals surface area contributed by atoms with E-state index in [4.69, 9.17) is 10.5 Å². The Bertz CT molecular complexity index is 668. The van der Waals surface area contributed by atoms with Gasteiger partial charge in [-0.3, -0.25) is 4.79 Å². The summed E-state index contributed by atoms with van der Waals surface area (Å²) in [5, 5.41) is 0. The maximum Gasteiger partial charge on any atom is 0.244 e. The lowest BCUT2D eigenvalue weighted by Gasteiger charge is -2.33. The highest BCUT2D eigenvalue weighted by atomic mass is 35.5. The predicted octanol–water partition coefficient (Wildman–Crippen LogP) is 3.49. The first kappa shape index (κ1) is 19.3. The number of carbonyl (C=O) groups is 1. The largest absolute Gasteiger partial charge is 0.490 e. The Labute approximate surface area is 155 Å². The van der Waals surface area contributed by atoms with E-state index in [2.05, 4.69) is 6.92 Å². The van der Waals surface area contributed by atoms with Crippen LogP contribution in [-0.4, -0.2) is 30.0 Å². The smallest absolute Gasteiger partial charge is 0.244 e. The van der Waals surface area contributed by atoms with Gasteiger partial charge in [0, 0.05) is 25.9 Å². The van der Waals surface area contributed by atoms with Crippen LogP contribution >= 0.6 is 12.4 Å². The van der Waals surface area contributed by atoms with E-state index in [9.17, 15) is 4.79 Å². The lowest BCUT2D eigenvalue weighted by Crippen LogP contribution is -2.45. The van der Waals surface area contributed by atoms with Crippen LogP contribution in [-0.2, 0) is 4.79 Å². The van der Waals surface area contributed by atoms with Gasteiger partial charge in [-0.2, -0.15) is 0 Å². The third-order valence-electron chi connectivity index (χ3n) is 4.50. The number of rotatable bonds is 4. The molecule has 1 saturated heterocycles. The predicted molar refractivity (Wildman–Crippen MR) is 102 cm³/mol. The minimum Gasteiger partial charge on any atom is -0.490 e. The number of aryl methyl sites for hydroxylation is 1. The Hall–Kier alpha value is -2.04. The van der Waals surface area contributed by atoms with Crippen LogP contribution in [0.3, 0.4) is 0 Å². The number of likely N-dealkylation sites (tertiary alicyclic amines) is 1. The molecule has 134 valence electrons. The number of piperidine rings is 1. The molecule has 2 aromatic carbocycles. The summed E-state index contributed by atoms with van der Waals surface area (Å²) in [4.78, 5) is 14.4. The average Bonchev–Trinajstić information content (AvgIpc) is 2.64. The molecule has 0 bridgehead atoms. The fraction of sp³-hybridized carbons (Fsp3) is 0.350. The molecule has 1 heterocycles. The summed E-state index contributed by atoms with van der Waals surface area (Å²) in [6.07, 6.45) is 1.83. The summed E-state index contributed by atoms with van der Waals surface area (Å²) < 4.78 is 6.01. The molecule has 0 aromatic heterocycles. The number of ether oxygens (including phenoxy) is 1. The zero-order valence-electron chi connectivity index (χ0n) is 14.4. The molecule has 3 rings (SSSR count). The number of nitrogens with zero attached hydrogens (tertiary/aromatic N) is 1. The van der Waals surface area contributed by atoms with Crippen LogP contribution in [0.1, 0.15) is 30.0 Å². The van der Waals surface area contributed by atoms with Gasteiger partial charge in [0.1, 0.15) is 17.9 Å². The van der Waals surface area contributed by atoms with Crippen LogP contribution in [0.15, 0.2) is 54.6 Å². The maximum atomic E-state index is 12.6. The summed E-state index contributed by atoms with van der Waals surface area (Å²) >= 11 is 0. The van der Waals surface area contributed by atoms with Gasteiger partial charge in [0.2, 0.25) is 5.91 Å². The minimum absolute atomic E-state index is 0. The molecule has 1 aliphatic heterocycles. The van der Waals surface area contributed by atoms with E-state index >= 15 is 0 Å². The Morgan fingerprint density at radius 2 is 1.68 bits per heavy atom. The highest BCUT2D eigenvalue weighted by Crippen LogP contribution is 2.21. The second-order valence-corrected chi connectivity index (χ2v) is 6.34. The first-order valence-electron chi connectivity index (χ1n) is 8.46. The summed E-state index contributed by atoms with van der Waals surface area (Å²) in [7, 11) is 0. The molecule has 25 heavy (non-hydrogen) atoms. The Morgan fingerprint density at radius 3 is 2.28 bits per heavy atom. The fourth-order valence-electron chi connectivity index (χ4n) is 3.00. The fourth-order valence-corrected chi connectivity index (χ4v) is 3.00. The molecule has 1 atom stereocenters. The van der Waals surface area contributed by atoms with Gasteiger partial charge >= 0.3 is 0 Å². The number of hydrogen-bond acceptors (Lipinski definition) is 3. The second-order valence-electron chi connectivity index (χ2n) is 6.34. The Kier molecular flexibility index (Phi) is 6.85. The first-order valence-corrected chi connectivity index (χ1v) is 8.46. The molecule has 0 spiro atoms. The molecule has 0 aliphatic carbocycles. The van der Waals surface area contributed by atoms with Crippen molar-refractivity contribution in [1.82, 2.24) is 4.90 Å². The van der Waals surface area contributed by atoms with Crippen molar-refractivity contribution in [3.8, 4) is 5.75 Å². The molecule has 1 aliphatic rings. The van der Waals surface area contributed by atoms with Gasteiger partial charge in [0.25, 0.3) is 0 Å². The molecule has 1 fully saturated rings. The van der Waals surface area contributed by atoms with E-state index in [0.717, 1.165) is 24.2 Å². The normalized spacial score (nSPS) is 16.0. The van der Waals surface area contributed by atoms with Crippen molar-refractivity contribution in [2.45, 2.75) is 31.9 Å². The monoisotopic (exact) mass is 360 g/mol. The standard InChI is InChI=1S/C20H24N2O2.ClH/c1-15-7-9-17(10-8-15)24-18-11-13-22(14-12-18)20(23)19(21)16-5-3-2-4-6-16;/h2-10,18-19H,11-14,21H2,1H3;1H. The number of amides is 1. The average molecular weight is 361 g/mol. The number of hydrogen-bond donors (Lipinski definition) is 1. The van der Waals surface area contributed by atoms with Crippen molar-refractivity contribution in [2.24, 2.45) is 5.73 Å². The number of benzene rings is 2. The van der Waals surface area contributed by atoms with Crippen molar-refractivity contribution >= 4 is 18.3 Å². The molecule has 0 radical (unpaired) electrons. The van der Waals surface area contributed by atoms with E-state index in [0.29, 0.717) is 13.1 Å². The van der Waals surface area contributed by atoms with Crippen LogP contribution in [0, 0.1) is 6.92 Å². The third kappa shape index (κ3) is 4.97. The van der Waals surface area contributed by atoms with Gasteiger partial charge in [-0.1, -0.05) is 48.0 Å². The molecule has 2 aromatic rings. The van der Waals surface area contributed by atoms with Gasteiger partial charge in [0.05, 0.1) is 0 Å². The lowest BCUT2D eigenvalue weighted by molar-refractivity contribution is -0.134. The van der Waals surface area contributed by atoms with Crippen LogP contribution < -0.4 is 10.5 Å². The highest BCUT2D eigenvalue weighted by molar-refractivity contribution is 5.85. The van der Waals surface area contributed by atoms with Gasteiger partial charge in [-0.25, -0.2) is 0 Å². The zero-order valence-corrected chi connectivity index (χ0v) is 15.2. The van der Waals surface area contributed by atoms with Gasteiger partial charge in [-0.15, -0.1) is 12.4 Å². The lowest BCUT2D eigenvalue weighted by atomic mass is 10.0. The van der Waals surface area contributed by atoms with Crippen molar-refractivity contribution in [3.05, 3.63) is 65.7 Å². The quantitative estimate of drug-likeness (QED) is 0.908. The summed E-state index contributed by atoms with van der Waals surface area (Å²) in [5.41, 5.74) is 8.20. The maximum absolute atomic E-state index is 12.6. The summed E-state index contributed by atoms with van der Waals surface area (Å²) in [5.74, 6) is 0.890. The third-order valence-corrected chi connectivity index (χ3v) is 4.50. The highest BCUT2D eigenvalue weighted by Gasteiger charge is 2.27. The zero-order chi connectivity index (χ0) is 16.9. The topological polar surface area (TPSA) is 55.6 Å². The van der Waals surface area contributed by atoms with Crippen molar-refractivity contribution in [3.63, 3.8) is 0 Å². The molecule has 2 N–H and O–H groups in total. The van der Waals surface area contributed by atoms with Crippen LogP contribution in [0.2, 0.25) is 0 Å². The summed E-state index contributed by atoms with van der Waals surface area (Å²) in [6, 6.07) is 17.0. The Balaban J connectivity index is 0.00000225. The van der Waals surface area contributed by atoms with Crippen molar-refractivity contribution in [2.75, 3.05) is 13.1 Å². The number of nitrogens with two attached hydrogens (primary N) is 1. The van der Waals surface area contributed by atoms with Crippen LogP contribution in [0.25, 0.3) is 0 Å². The molecule has 1 unspecified atom stereocenters. The molecular weight excluding hydrogens is 336 g/mol. The SMILES string of the molecule is Cc1ccc(OC2CCN(C(=O)C(N)c3ccccc3)CC2)cc1.Cl. The van der Waals surface area contributed by atoms with Gasteiger partial charge < -0.3 is 15.4 Å². The van der Waals surface area contributed by atoms with Crippen molar-refractivity contribution in [1.29, 1.82) is 0 Å². The van der Waals surface area contributed by atoms with Crippen LogP contribution in [0.5, 0.6) is 5.75 Å². The molecule has 1 amide bonds. The van der Waals surface area contributed by atoms with E-state index in [1.165, 1.54) is 5.56 Å². The number of carbonyl (C=O) groups excluding carboxylic acids is 1. The number of halogens is 1. The van der Waals surface area contributed by atoms with E-state index in [1.807, 2.05) is 59.5 Å². The molecule has 5 heteroatoms. The van der Waals surface area contributed by atoms with Gasteiger partial charge in [-0.05, 0) is 24.6 Å². The van der Waals surface area contributed by atoms with E-state index in [-0.39, 0.29) is 24.4 Å². The van der Waals surface area contributed by atoms with Crippen LogP contribution in [0.4, 0.5) is 0 Å². The molecule has 4 nitrogen and oxygen atoms in total. The minimum atomic E-state index is -0.583. The first-order chi connectivity index (χ1) is 11.6. The van der Waals surface area contributed by atoms with Gasteiger partial charge in [0.15, 0.2) is 0 Å². The molecular formula is C20H25ClN2O2. The summed E-state index contributed by atoms with van der Waals surface area (Å²) in [6.45, 7) is 3.44. The van der Waals surface area contributed by atoms with Crippen molar-refractivity contribution < 1.29 is 9.53 Å².